The highest BCUT2D eigenvalue weighted by molar-refractivity contribution is 7.80. The highest BCUT2D eigenvalue weighted by Gasteiger charge is 2.31. The molecule has 0 fully saturated rings. The summed E-state index contributed by atoms with van der Waals surface area (Å²) in [5.74, 6) is -0.945. The van der Waals surface area contributed by atoms with Gasteiger partial charge >= 0.3 is 6.18 Å². The molecule has 0 aliphatic heterocycles. The van der Waals surface area contributed by atoms with Gasteiger partial charge in [-0.2, -0.15) is 13.2 Å². The molecule has 100 valence electrons. The first-order chi connectivity index (χ1) is 8.77. The number of alkyl halides is 3. The van der Waals surface area contributed by atoms with E-state index in [1.807, 2.05) is 0 Å². The van der Waals surface area contributed by atoms with Crippen molar-refractivity contribution in [1.29, 1.82) is 0 Å². The molecule has 2 rings (SSSR count). The van der Waals surface area contributed by atoms with Crippen molar-refractivity contribution in [2.45, 2.75) is 11.1 Å². The summed E-state index contributed by atoms with van der Waals surface area (Å²) in [6, 6.07) is 6.11. The van der Waals surface area contributed by atoms with Gasteiger partial charge < -0.3 is 5.11 Å². The molecule has 2 aromatic rings. The van der Waals surface area contributed by atoms with E-state index >= 15 is 0 Å². The number of aromatic hydroxyl groups is 1. The Balaban J connectivity index is 2.63. The molecule has 2 aromatic carbocycles. The summed E-state index contributed by atoms with van der Waals surface area (Å²) >= 11 is 3.89. The van der Waals surface area contributed by atoms with Gasteiger partial charge in [-0.3, -0.25) is 0 Å². The summed E-state index contributed by atoms with van der Waals surface area (Å²) in [7, 11) is 0. The van der Waals surface area contributed by atoms with Gasteiger partial charge in [-0.1, -0.05) is 0 Å². The number of benzene rings is 2. The second-order valence-electron chi connectivity index (χ2n) is 3.93. The molecule has 0 aliphatic rings. The lowest BCUT2D eigenvalue weighted by atomic mass is 10.0. The summed E-state index contributed by atoms with van der Waals surface area (Å²) in [4.78, 5) is 0.0773. The van der Waals surface area contributed by atoms with E-state index in [2.05, 4.69) is 12.6 Å². The van der Waals surface area contributed by atoms with Crippen LogP contribution in [-0.2, 0) is 6.18 Å². The van der Waals surface area contributed by atoms with Crippen LogP contribution >= 0.6 is 12.6 Å². The summed E-state index contributed by atoms with van der Waals surface area (Å²) in [6.07, 6.45) is -4.53. The largest absolute Gasteiger partial charge is 0.507 e. The van der Waals surface area contributed by atoms with Crippen molar-refractivity contribution < 1.29 is 22.7 Å². The number of hydrogen-bond acceptors (Lipinski definition) is 2. The van der Waals surface area contributed by atoms with Crippen molar-refractivity contribution in [3.8, 4) is 16.9 Å². The van der Waals surface area contributed by atoms with Crippen molar-refractivity contribution in [2.75, 3.05) is 0 Å². The van der Waals surface area contributed by atoms with E-state index in [1.165, 1.54) is 6.07 Å². The maximum atomic E-state index is 13.1. The smallest absolute Gasteiger partial charge is 0.416 e. The van der Waals surface area contributed by atoms with E-state index in [-0.39, 0.29) is 21.8 Å². The molecule has 0 aromatic heterocycles. The fourth-order valence-corrected chi connectivity index (χ4v) is 1.95. The summed E-state index contributed by atoms with van der Waals surface area (Å²) in [6.45, 7) is 0. The number of halogens is 4. The zero-order chi connectivity index (χ0) is 14.2. The summed E-state index contributed by atoms with van der Waals surface area (Å²) in [5, 5.41) is 9.60. The number of hydrogen-bond donors (Lipinski definition) is 2. The standard InChI is InChI=1S/C13H8F4OS/c14-9-1-2-12(18)11(6-9)7-3-8(13(15,16)17)5-10(19)4-7/h1-6,18-19H. The monoisotopic (exact) mass is 288 g/mol. The van der Waals surface area contributed by atoms with Gasteiger partial charge in [0.1, 0.15) is 11.6 Å². The van der Waals surface area contributed by atoms with Crippen LogP contribution in [0, 0.1) is 5.82 Å². The highest BCUT2D eigenvalue weighted by atomic mass is 32.1. The second kappa shape index (κ2) is 4.77. The first-order valence-electron chi connectivity index (χ1n) is 5.17. The van der Waals surface area contributed by atoms with Crippen molar-refractivity contribution in [2.24, 2.45) is 0 Å². The lowest BCUT2D eigenvalue weighted by Gasteiger charge is -2.11. The minimum atomic E-state index is -4.53. The molecule has 0 spiro atoms. The lowest BCUT2D eigenvalue weighted by Crippen LogP contribution is -2.05. The summed E-state index contributed by atoms with van der Waals surface area (Å²) in [5.41, 5.74) is -0.864. The van der Waals surface area contributed by atoms with E-state index in [0.29, 0.717) is 0 Å². The fourth-order valence-electron chi connectivity index (χ4n) is 1.67. The SMILES string of the molecule is Oc1ccc(F)cc1-c1cc(S)cc(C(F)(F)F)c1. The van der Waals surface area contributed by atoms with Gasteiger partial charge in [-0.05, 0) is 42.0 Å². The molecule has 0 saturated carbocycles. The maximum Gasteiger partial charge on any atom is 0.416 e. The Morgan fingerprint density at radius 3 is 2.32 bits per heavy atom. The zero-order valence-electron chi connectivity index (χ0n) is 9.37. The van der Waals surface area contributed by atoms with Gasteiger partial charge in [0.2, 0.25) is 0 Å². The van der Waals surface area contributed by atoms with Crippen LogP contribution in [0.2, 0.25) is 0 Å². The minimum Gasteiger partial charge on any atom is -0.507 e. The van der Waals surface area contributed by atoms with Gasteiger partial charge in [0, 0.05) is 10.5 Å². The molecule has 0 bridgehead atoms. The summed E-state index contributed by atoms with van der Waals surface area (Å²) < 4.78 is 51.1. The molecular weight excluding hydrogens is 280 g/mol. The molecule has 6 heteroatoms. The Kier molecular flexibility index (Phi) is 3.45. The Morgan fingerprint density at radius 1 is 1.00 bits per heavy atom. The molecule has 0 unspecified atom stereocenters. The average Bonchev–Trinajstić information content (AvgIpc) is 2.30. The number of phenols is 1. The molecule has 0 saturated heterocycles. The topological polar surface area (TPSA) is 20.2 Å². The highest BCUT2D eigenvalue weighted by Crippen LogP contribution is 2.37. The normalized spacial score (nSPS) is 11.6. The third-order valence-electron chi connectivity index (χ3n) is 2.51. The molecule has 0 aliphatic carbocycles. The van der Waals surface area contributed by atoms with Crippen molar-refractivity contribution >= 4 is 12.6 Å². The molecule has 19 heavy (non-hydrogen) atoms. The third kappa shape index (κ3) is 3.01. The van der Waals surface area contributed by atoms with Crippen molar-refractivity contribution in [3.05, 3.63) is 47.8 Å². The van der Waals surface area contributed by atoms with Gasteiger partial charge in [-0.25, -0.2) is 4.39 Å². The van der Waals surface area contributed by atoms with Gasteiger partial charge in [-0.15, -0.1) is 12.6 Å². The molecular formula is C13H8F4OS. The maximum absolute atomic E-state index is 13.1. The Bertz CT molecular complexity index is 623. The Morgan fingerprint density at radius 2 is 1.68 bits per heavy atom. The molecule has 0 radical (unpaired) electrons. The minimum absolute atomic E-state index is 0.0126. The van der Waals surface area contributed by atoms with E-state index in [4.69, 9.17) is 0 Å². The van der Waals surface area contributed by atoms with E-state index in [1.54, 1.807) is 0 Å². The number of phenolic OH excluding ortho intramolecular Hbond substituents is 1. The Labute approximate surface area is 111 Å². The molecule has 1 nitrogen and oxygen atoms in total. The van der Waals surface area contributed by atoms with Crippen LogP contribution in [0.3, 0.4) is 0 Å². The van der Waals surface area contributed by atoms with Crippen LogP contribution < -0.4 is 0 Å². The lowest BCUT2D eigenvalue weighted by molar-refractivity contribution is -0.137. The quantitative estimate of drug-likeness (QED) is 0.584. The Hall–Kier alpha value is -1.69. The predicted octanol–water partition coefficient (Wildman–Crippen LogP) is 4.51. The van der Waals surface area contributed by atoms with E-state index < -0.39 is 17.6 Å². The van der Waals surface area contributed by atoms with Gasteiger partial charge in [0.15, 0.2) is 0 Å². The number of thiol groups is 1. The van der Waals surface area contributed by atoms with Crippen molar-refractivity contribution in [3.63, 3.8) is 0 Å². The third-order valence-corrected chi connectivity index (χ3v) is 2.77. The molecule has 0 heterocycles. The van der Waals surface area contributed by atoms with E-state index in [0.717, 1.165) is 30.3 Å². The fraction of sp³-hybridized carbons (Fsp3) is 0.0769. The van der Waals surface area contributed by atoms with E-state index in [9.17, 15) is 22.7 Å². The first kappa shape index (κ1) is 13.7. The van der Waals surface area contributed by atoms with Crippen LogP contribution in [0.25, 0.3) is 11.1 Å². The second-order valence-corrected chi connectivity index (χ2v) is 4.44. The van der Waals surface area contributed by atoms with Crippen LogP contribution in [0.15, 0.2) is 41.3 Å². The van der Waals surface area contributed by atoms with Gasteiger partial charge in [0.05, 0.1) is 5.56 Å². The van der Waals surface area contributed by atoms with Crippen molar-refractivity contribution in [1.82, 2.24) is 0 Å². The van der Waals surface area contributed by atoms with Crippen LogP contribution in [0.4, 0.5) is 17.6 Å². The number of rotatable bonds is 1. The van der Waals surface area contributed by atoms with Gasteiger partial charge in [0.25, 0.3) is 0 Å². The average molecular weight is 288 g/mol. The van der Waals surface area contributed by atoms with Crippen LogP contribution in [0.1, 0.15) is 5.56 Å². The molecule has 0 atom stereocenters. The zero-order valence-corrected chi connectivity index (χ0v) is 10.3. The molecule has 1 N–H and O–H groups in total. The predicted molar refractivity (Wildman–Crippen MR) is 65.8 cm³/mol. The first-order valence-corrected chi connectivity index (χ1v) is 5.62. The molecule has 0 amide bonds. The van der Waals surface area contributed by atoms with Crippen LogP contribution in [-0.4, -0.2) is 5.11 Å². The van der Waals surface area contributed by atoms with Crippen LogP contribution in [0.5, 0.6) is 5.75 Å².